The molecular weight excluding hydrogens is 389 g/mol. The highest BCUT2D eigenvalue weighted by Gasteiger charge is 2.26. The van der Waals surface area contributed by atoms with E-state index in [0.717, 1.165) is 38.4 Å². The van der Waals surface area contributed by atoms with Crippen molar-refractivity contribution in [3.63, 3.8) is 0 Å². The minimum absolute atomic E-state index is 0.198. The number of ether oxygens (including phenoxy) is 1. The molecule has 1 aromatic carbocycles. The predicted molar refractivity (Wildman–Crippen MR) is 108 cm³/mol. The largest absolute Gasteiger partial charge is 0.379 e. The Morgan fingerprint density at radius 3 is 2.80 bits per heavy atom. The van der Waals surface area contributed by atoms with Gasteiger partial charge in [-0.15, -0.1) is 0 Å². The number of carbonyl (C=O) groups is 2. The number of carbonyl (C=O) groups excluding carboxylic acids is 2. The Morgan fingerprint density at radius 2 is 2.00 bits per heavy atom. The number of fused-ring (bicyclic) bond motifs is 1. The highest BCUT2D eigenvalue weighted by atomic mass is 19.1. The minimum Gasteiger partial charge on any atom is -0.379 e. The number of morpholine rings is 1. The van der Waals surface area contributed by atoms with E-state index in [1.165, 1.54) is 12.1 Å². The van der Waals surface area contributed by atoms with Crippen LogP contribution >= 0.6 is 0 Å². The van der Waals surface area contributed by atoms with Crippen LogP contribution in [-0.4, -0.2) is 77.3 Å². The molecule has 3 heterocycles. The van der Waals surface area contributed by atoms with Gasteiger partial charge in [0.05, 0.1) is 13.2 Å². The Hall–Kier alpha value is -2.78. The molecule has 0 aliphatic carbocycles. The summed E-state index contributed by atoms with van der Waals surface area (Å²) < 4.78 is 20.4. The Kier molecular flexibility index (Phi) is 6.39. The van der Waals surface area contributed by atoms with Gasteiger partial charge in [0.1, 0.15) is 11.5 Å². The van der Waals surface area contributed by atoms with Crippen LogP contribution in [0.25, 0.3) is 0 Å². The third-order valence-corrected chi connectivity index (χ3v) is 5.40. The van der Waals surface area contributed by atoms with E-state index in [-0.39, 0.29) is 23.3 Å². The number of amides is 2. The van der Waals surface area contributed by atoms with E-state index in [4.69, 9.17) is 4.74 Å². The van der Waals surface area contributed by atoms with Crippen LogP contribution in [0.3, 0.4) is 0 Å². The summed E-state index contributed by atoms with van der Waals surface area (Å²) in [7, 11) is 0. The number of aromatic nitrogens is 2. The minimum atomic E-state index is -0.323. The Morgan fingerprint density at radius 1 is 1.17 bits per heavy atom. The van der Waals surface area contributed by atoms with Crippen molar-refractivity contribution in [1.29, 1.82) is 0 Å². The summed E-state index contributed by atoms with van der Waals surface area (Å²) in [5.41, 5.74) is 1.37. The molecule has 0 atom stereocenters. The second kappa shape index (κ2) is 9.36. The van der Waals surface area contributed by atoms with Gasteiger partial charge >= 0.3 is 0 Å². The molecule has 160 valence electrons. The van der Waals surface area contributed by atoms with Crippen LogP contribution in [-0.2, 0) is 17.8 Å². The summed E-state index contributed by atoms with van der Waals surface area (Å²) in [6.07, 6.45) is 0.716. The van der Waals surface area contributed by atoms with E-state index >= 15 is 0 Å². The normalized spacial score (nSPS) is 17.5. The first kappa shape index (κ1) is 20.5. The van der Waals surface area contributed by atoms with Crippen LogP contribution in [0.1, 0.15) is 33.0 Å². The van der Waals surface area contributed by atoms with Crippen molar-refractivity contribution >= 4 is 11.8 Å². The van der Waals surface area contributed by atoms with E-state index in [1.807, 2.05) is 0 Å². The molecule has 1 N–H and O–H groups in total. The van der Waals surface area contributed by atoms with Crippen molar-refractivity contribution in [3.8, 4) is 0 Å². The molecule has 0 unspecified atom stereocenters. The lowest BCUT2D eigenvalue weighted by atomic mass is 10.2. The molecule has 1 aromatic heterocycles. The van der Waals surface area contributed by atoms with Gasteiger partial charge < -0.3 is 15.0 Å². The molecule has 0 radical (unpaired) electrons. The molecule has 0 saturated carbocycles. The van der Waals surface area contributed by atoms with Crippen molar-refractivity contribution in [1.82, 2.24) is 24.9 Å². The van der Waals surface area contributed by atoms with Gasteiger partial charge in [0.25, 0.3) is 11.8 Å². The number of nitrogens with one attached hydrogen (secondary N) is 1. The quantitative estimate of drug-likeness (QED) is 0.765. The molecule has 2 amide bonds. The van der Waals surface area contributed by atoms with E-state index in [0.29, 0.717) is 38.3 Å². The molecular formula is C21H26FN5O3. The Bertz CT molecular complexity index is 910. The van der Waals surface area contributed by atoms with Crippen LogP contribution in [0.2, 0.25) is 0 Å². The van der Waals surface area contributed by atoms with Crippen molar-refractivity contribution in [2.24, 2.45) is 0 Å². The van der Waals surface area contributed by atoms with Gasteiger partial charge in [0.2, 0.25) is 0 Å². The lowest BCUT2D eigenvalue weighted by Gasteiger charge is -2.26. The molecule has 9 heteroatoms. The van der Waals surface area contributed by atoms with Gasteiger partial charge in [-0.2, -0.15) is 5.10 Å². The van der Waals surface area contributed by atoms with Crippen molar-refractivity contribution in [2.45, 2.75) is 19.5 Å². The summed E-state index contributed by atoms with van der Waals surface area (Å²) in [5, 5.41) is 7.22. The average molecular weight is 415 g/mol. The van der Waals surface area contributed by atoms with Gasteiger partial charge in [-0.1, -0.05) is 12.1 Å². The molecule has 1 fully saturated rings. The van der Waals surface area contributed by atoms with Gasteiger partial charge in [-0.3, -0.25) is 19.2 Å². The zero-order valence-electron chi connectivity index (χ0n) is 16.8. The standard InChI is InChI=1S/C21H26FN5O3/c22-17-4-1-3-16(13-17)15-26-6-2-7-27-19(21(26)29)14-18(24-27)20(28)23-5-8-25-9-11-30-12-10-25/h1,3-4,13-14H,2,5-12,15H2,(H,23,28). The first-order valence-electron chi connectivity index (χ1n) is 10.3. The van der Waals surface area contributed by atoms with Crippen molar-refractivity contribution < 1.29 is 18.7 Å². The fourth-order valence-electron chi connectivity index (χ4n) is 3.79. The highest BCUT2D eigenvalue weighted by molar-refractivity contribution is 5.98. The number of benzene rings is 1. The SMILES string of the molecule is O=C(NCCN1CCOCC1)c1cc2n(n1)CCCN(Cc1cccc(F)c1)C2=O. The lowest BCUT2D eigenvalue weighted by molar-refractivity contribution is 0.0383. The van der Waals surface area contributed by atoms with Gasteiger partial charge in [0.15, 0.2) is 5.69 Å². The first-order valence-corrected chi connectivity index (χ1v) is 10.3. The summed E-state index contributed by atoms with van der Waals surface area (Å²) in [4.78, 5) is 29.4. The van der Waals surface area contributed by atoms with Crippen LogP contribution in [0.5, 0.6) is 0 Å². The maximum Gasteiger partial charge on any atom is 0.272 e. The summed E-state index contributed by atoms with van der Waals surface area (Å²) in [5.74, 6) is -0.805. The molecule has 0 bridgehead atoms. The summed E-state index contributed by atoms with van der Waals surface area (Å²) in [6.45, 7) is 5.87. The van der Waals surface area contributed by atoms with E-state index in [2.05, 4.69) is 15.3 Å². The molecule has 30 heavy (non-hydrogen) atoms. The van der Waals surface area contributed by atoms with Crippen LogP contribution in [0.15, 0.2) is 30.3 Å². The second-order valence-corrected chi connectivity index (χ2v) is 7.56. The first-order chi connectivity index (χ1) is 14.6. The lowest BCUT2D eigenvalue weighted by Crippen LogP contribution is -2.41. The Balaban J connectivity index is 1.38. The third kappa shape index (κ3) is 4.85. The second-order valence-electron chi connectivity index (χ2n) is 7.56. The summed E-state index contributed by atoms with van der Waals surface area (Å²) >= 11 is 0. The number of hydrogen-bond donors (Lipinski definition) is 1. The van der Waals surface area contributed by atoms with E-state index < -0.39 is 0 Å². The maximum absolute atomic E-state index is 13.5. The molecule has 2 aromatic rings. The molecule has 4 rings (SSSR count). The van der Waals surface area contributed by atoms with Crippen LogP contribution in [0, 0.1) is 5.82 Å². The zero-order chi connectivity index (χ0) is 20.9. The number of hydrogen-bond acceptors (Lipinski definition) is 5. The van der Waals surface area contributed by atoms with E-state index in [9.17, 15) is 14.0 Å². The molecule has 2 aliphatic heterocycles. The van der Waals surface area contributed by atoms with E-state index in [1.54, 1.807) is 27.8 Å². The van der Waals surface area contributed by atoms with Gasteiger partial charge in [0, 0.05) is 51.9 Å². The fraction of sp³-hybridized carbons (Fsp3) is 0.476. The fourth-order valence-corrected chi connectivity index (χ4v) is 3.79. The average Bonchev–Trinajstić information content (AvgIpc) is 3.12. The van der Waals surface area contributed by atoms with Crippen LogP contribution in [0.4, 0.5) is 4.39 Å². The summed E-state index contributed by atoms with van der Waals surface area (Å²) in [6, 6.07) is 7.80. The van der Waals surface area contributed by atoms with Gasteiger partial charge in [-0.25, -0.2) is 4.39 Å². The number of rotatable bonds is 6. The number of aryl methyl sites for hydroxylation is 1. The van der Waals surface area contributed by atoms with Crippen molar-refractivity contribution in [2.75, 3.05) is 45.9 Å². The monoisotopic (exact) mass is 415 g/mol. The van der Waals surface area contributed by atoms with Gasteiger partial charge in [-0.05, 0) is 24.1 Å². The molecule has 8 nitrogen and oxygen atoms in total. The molecule has 2 aliphatic rings. The third-order valence-electron chi connectivity index (χ3n) is 5.40. The maximum atomic E-state index is 13.5. The highest BCUT2D eigenvalue weighted by Crippen LogP contribution is 2.17. The van der Waals surface area contributed by atoms with Crippen LogP contribution < -0.4 is 5.32 Å². The molecule has 0 spiro atoms. The zero-order valence-corrected chi connectivity index (χ0v) is 16.8. The number of halogens is 1. The van der Waals surface area contributed by atoms with Crippen molar-refractivity contribution in [3.05, 3.63) is 53.1 Å². The smallest absolute Gasteiger partial charge is 0.272 e. The predicted octanol–water partition coefficient (Wildman–Crippen LogP) is 1.13. The topological polar surface area (TPSA) is 79.7 Å². The number of nitrogens with zero attached hydrogens (tertiary/aromatic N) is 4. The Labute approximate surface area is 174 Å². The molecule has 1 saturated heterocycles.